The largest absolute Gasteiger partial charge is 0.270 e. The van der Waals surface area contributed by atoms with Gasteiger partial charge in [0.25, 0.3) is 5.91 Å². The van der Waals surface area contributed by atoms with Crippen molar-refractivity contribution in [3.8, 4) is 0 Å². The van der Waals surface area contributed by atoms with Crippen molar-refractivity contribution >= 4 is 5.91 Å². The molecule has 1 N–H and O–H groups in total. The number of nitrogens with one attached hydrogen (secondary N) is 1. The van der Waals surface area contributed by atoms with Crippen molar-refractivity contribution in [1.82, 2.24) is 10.4 Å². The summed E-state index contributed by atoms with van der Waals surface area (Å²) in [6.07, 6.45) is 0. The van der Waals surface area contributed by atoms with Crippen LogP contribution >= 0.6 is 0 Å². The van der Waals surface area contributed by atoms with Crippen molar-refractivity contribution in [2.75, 3.05) is 7.05 Å². The average Bonchev–Trinajstić information content (AvgIpc) is 2.61. The molecular weight excluding hydrogens is 188 g/mol. The Labute approximate surface area is 91.1 Å². The lowest BCUT2D eigenvalue weighted by Crippen LogP contribution is -2.34. The van der Waals surface area contributed by atoms with Crippen LogP contribution in [0.3, 0.4) is 0 Å². The van der Waals surface area contributed by atoms with Crippen LogP contribution in [0, 0.1) is 6.92 Å². The molecule has 0 unspecified atom stereocenters. The minimum absolute atomic E-state index is 0.0706. The standard InChI is InChI=1S/C10H12N2O.C2H6/c1-7-4-3-5-8-9(7)6-12(11-2)10(8)13;1-2/h3-5,11H,6H2,1-2H3;1-2H3. The highest BCUT2D eigenvalue weighted by Gasteiger charge is 2.26. The molecule has 0 aliphatic carbocycles. The summed E-state index contributed by atoms with van der Waals surface area (Å²) < 4.78 is 0. The number of amides is 1. The Balaban J connectivity index is 0.000000531. The molecule has 1 aromatic carbocycles. The van der Waals surface area contributed by atoms with E-state index in [-0.39, 0.29) is 5.91 Å². The lowest BCUT2D eigenvalue weighted by Gasteiger charge is -2.12. The first-order valence-electron chi connectivity index (χ1n) is 5.32. The van der Waals surface area contributed by atoms with Gasteiger partial charge < -0.3 is 0 Å². The van der Waals surface area contributed by atoms with Gasteiger partial charge in [-0.15, -0.1) is 0 Å². The van der Waals surface area contributed by atoms with E-state index in [2.05, 4.69) is 5.43 Å². The van der Waals surface area contributed by atoms with Gasteiger partial charge in [0.05, 0.1) is 6.54 Å². The summed E-state index contributed by atoms with van der Waals surface area (Å²) in [5.41, 5.74) is 6.02. The molecule has 0 spiro atoms. The molecule has 1 aliphatic heterocycles. The Morgan fingerprint density at radius 3 is 2.53 bits per heavy atom. The van der Waals surface area contributed by atoms with Crippen molar-refractivity contribution in [1.29, 1.82) is 0 Å². The van der Waals surface area contributed by atoms with Crippen molar-refractivity contribution < 1.29 is 4.79 Å². The Kier molecular flexibility index (Phi) is 3.86. The van der Waals surface area contributed by atoms with Gasteiger partial charge in [-0.1, -0.05) is 26.0 Å². The van der Waals surface area contributed by atoms with Crippen LogP contribution in [0.25, 0.3) is 0 Å². The first-order valence-corrected chi connectivity index (χ1v) is 5.32. The van der Waals surface area contributed by atoms with E-state index in [4.69, 9.17) is 0 Å². The number of nitrogens with zero attached hydrogens (tertiary/aromatic N) is 1. The molecule has 82 valence electrons. The zero-order chi connectivity index (χ0) is 11.4. The summed E-state index contributed by atoms with van der Waals surface area (Å²) in [4.78, 5) is 11.6. The van der Waals surface area contributed by atoms with Crippen LogP contribution in [-0.2, 0) is 6.54 Å². The molecule has 2 rings (SSSR count). The predicted molar refractivity (Wildman–Crippen MR) is 61.5 cm³/mol. The Morgan fingerprint density at radius 2 is 2.00 bits per heavy atom. The lowest BCUT2D eigenvalue weighted by molar-refractivity contribution is 0.0706. The van der Waals surface area contributed by atoms with Crippen molar-refractivity contribution in [2.24, 2.45) is 0 Å². The van der Waals surface area contributed by atoms with Gasteiger partial charge in [0.1, 0.15) is 0 Å². The molecule has 1 aromatic rings. The van der Waals surface area contributed by atoms with Gasteiger partial charge in [0.15, 0.2) is 0 Å². The van der Waals surface area contributed by atoms with Gasteiger partial charge in [-0.2, -0.15) is 0 Å². The molecule has 1 aliphatic rings. The van der Waals surface area contributed by atoms with Crippen molar-refractivity contribution in [3.63, 3.8) is 0 Å². The van der Waals surface area contributed by atoms with Crippen LogP contribution in [0.15, 0.2) is 18.2 Å². The van der Waals surface area contributed by atoms with Crippen LogP contribution in [0.4, 0.5) is 0 Å². The molecule has 3 nitrogen and oxygen atoms in total. The quantitative estimate of drug-likeness (QED) is 0.763. The molecule has 0 aromatic heterocycles. The number of benzene rings is 1. The predicted octanol–water partition coefficient (Wildman–Crippen LogP) is 2.11. The summed E-state index contributed by atoms with van der Waals surface area (Å²) in [5.74, 6) is 0.0706. The van der Waals surface area contributed by atoms with Crippen molar-refractivity contribution in [2.45, 2.75) is 27.3 Å². The molecule has 15 heavy (non-hydrogen) atoms. The molecule has 0 fully saturated rings. The zero-order valence-corrected chi connectivity index (χ0v) is 9.79. The second kappa shape index (κ2) is 4.94. The maximum atomic E-state index is 11.6. The summed E-state index contributed by atoms with van der Waals surface area (Å²) in [6.45, 7) is 6.71. The minimum atomic E-state index is 0.0706. The summed E-state index contributed by atoms with van der Waals surface area (Å²) >= 11 is 0. The van der Waals surface area contributed by atoms with Gasteiger partial charge in [-0.3, -0.25) is 9.80 Å². The van der Waals surface area contributed by atoms with E-state index in [9.17, 15) is 4.79 Å². The van der Waals surface area contributed by atoms with Crippen LogP contribution in [-0.4, -0.2) is 18.0 Å². The van der Waals surface area contributed by atoms with E-state index in [1.165, 1.54) is 5.56 Å². The molecule has 0 saturated heterocycles. The number of fused-ring (bicyclic) bond motifs is 1. The minimum Gasteiger partial charge on any atom is -0.270 e. The first kappa shape index (κ1) is 11.7. The van der Waals surface area contributed by atoms with Crippen LogP contribution in [0.2, 0.25) is 0 Å². The van der Waals surface area contributed by atoms with E-state index in [0.717, 1.165) is 11.1 Å². The number of carbonyl (C=O) groups excluding carboxylic acids is 1. The molecule has 0 saturated carbocycles. The summed E-state index contributed by atoms with van der Waals surface area (Å²) in [7, 11) is 1.76. The fourth-order valence-corrected chi connectivity index (χ4v) is 1.67. The number of hydrogen-bond acceptors (Lipinski definition) is 2. The van der Waals surface area contributed by atoms with Gasteiger partial charge in [-0.05, 0) is 24.1 Å². The maximum Gasteiger partial charge on any atom is 0.268 e. The topological polar surface area (TPSA) is 32.3 Å². The van der Waals surface area contributed by atoms with E-state index < -0.39 is 0 Å². The highest BCUT2D eigenvalue weighted by molar-refractivity contribution is 5.98. The molecule has 1 amide bonds. The fourth-order valence-electron chi connectivity index (χ4n) is 1.67. The Bertz CT molecular complexity index is 361. The molecule has 0 bridgehead atoms. The monoisotopic (exact) mass is 206 g/mol. The Hall–Kier alpha value is -1.35. The number of rotatable bonds is 1. The van der Waals surface area contributed by atoms with Crippen LogP contribution in [0.1, 0.15) is 35.3 Å². The average molecular weight is 206 g/mol. The first-order chi connectivity index (χ1) is 7.24. The molecule has 0 atom stereocenters. The van der Waals surface area contributed by atoms with Crippen LogP contribution < -0.4 is 5.43 Å². The highest BCUT2D eigenvalue weighted by Crippen LogP contribution is 2.23. The second-order valence-electron chi connectivity index (χ2n) is 3.22. The third kappa shape index (κ3) is 2.02. The number of carbonyl (C=O) groups is 1. The summed E-state index contributed by atoms with van der Waals surface area (Å²) in [6, 6.07) is 5.83. The van der Waals surface area contributed by atoms with Gasteiger partial charge in [0, 0.05) is 12.6 Å². The second-order valence-corrected chi connectivity index (χ2v) is 3.22. The van der Waals surface area contributed by atoms with Crippen LogP contribution in [0.5, 0.6) is 0 Å². The van der Waals surface area contributed by atoms with E-state index in [1.54, 1.807) is 12.1 Å². The Morgan fingerprint density at radius 1 is 1.33 bits per heavy atom. The molecule has 0 radical (unpaired) electrons. The van der Waals surface area contributed by atoms with E-state index >= 15 is 0 Å². The van der Waals surface area contributed by atoms with E-state index in [0.29, 0.717) is 6.54 Å². The molecule has 3 heteroatoms. The van der Waals surface area contributed by atoms with Gasteiger partial charge in [-0.25, -0.2) is 5.43 Å². The fraction of sp³-hybridized carbons (Fsp3) is 0.417. The normalized spacial score (nSPS) is 13.3. The van der Waals surface area contributed by atoms with E-state index in [1.807, 2.05) is 39.0 Å². The third-order valence-corrected chi connectivity index (χ3v) is 2.47. The van der Waals surface area contributed by atoms with Gasteiger partial charge >= 0.3 is 0 Å². The van der Waals surface area contributed by atoms with Crippen molar-refractivity contribution in [3.05, 3.63) is 34.9 Å². The molecule has 1 heterocycles. The summed E-state index contributed by atoms with van der Waals surface area (Å²) in [5, 5.41) is 1.62. The maximum absolute atomic E-state index is 11.6. The number of aryl methyl sites for hydroxylation is 1. The van der Waals surface area contributed by atoms with Gasteiger partial charge in [0.2, 0.25) is 0 Å². The SMILES string of the molecule is CC.CNN1Cc2c(C)cccc2C1=O. The molecular formula is C12H18N2O. The highest BCUT2D eigenvalue weighted by atomic mass is 16.2. The number of hydrazine groups is 1. The number of hydrogen-bond donors (Lipinski definition) is 1. The lowest BCUT2D eigenvalue weighted by atomic mass is 10.1. The smallest absolute Gasteiger partial charge is 0.268 e. The third-order valence-electron chi connectivity index (χ3n) is 2.47. The zero-order valence-electron chi connectivity index (χ0n) is 9.79.